The van der Waals surface area contributed by atoms with Crippen molar-refractivity contribution in [3.05, 3.63) is 94.8 Å². The van der Waals surface area contributed by atoms with Crippen LogP contribution in [0.25, 0.3) is 16.7 Å². The molecule has 0 saturated carbocycles. The number of carbonyl (C=O) groups excluding carboxylic acids is 2. The molecule has 11 heteroatoms. The van der Waals surface area contributed by atoms with Gasteiger partial charge in [0.05, 0.1) is 29.9 Å². The minimum absolute atomic E-state index is 0.0949. The number of likely N-dealkylation sites (tertiary alicyclic amines) is 1. The number of nitrogens with one attached hydrogen (secondary N) is 1. The zero-order valence-electron chi connectivity index (χ0n) is 22.0. The first-order valence-electron chi connectivity index (χ1n) is 12.8. The van der Waals surface area contributed by atoms with Gasteiger partial charge in [0.15, 0.2) is 0 Å². The van der Waals surface area contributed by atoms with Crippen molar-refractivity contribution in [2.45, 2.75) is 25.4 Å². The molecule has 3 heterocycles. The van der Waals surface area contributed by atoms with Crippen LogP contribution in [0.1, 0.15) is 34.8 Å². The SMILES string of the molecule is C=CC(=O)N1CCCC(n2c(=O)n(-c3ccc(CNC(=O)c4cc(F)ccc4OC)cc3)c3c(N)nccc32)C1. The molecule has 2 amide bonds. The van der Waals surface area contributed by atoms with Gasteiger partial charge in [-0.1, -0.05) is 18.7 Å². The highest BCUT2D eigenvalue weighted by molar-refractivity contribution is 5.97. The smallest absolute Gasteiger partial charge is 0.334 e. The number of ether oxygens (including phenoxy) is 1. The summed E-state index contributed by atoms with van der Waals surface area (Å²) in [5, 5.41) is 2.76. The first-order valence-corrected chi connectivity index (χ1v) is 12.8. The number of aromatic nitrogens is 3. The second-order valence-electron chi connectivity index (χ2n) is 9.53. The maximum absolute atomic E-state index is 13.9. The van der Waals surface area contributed by atoms with Gasteiger partial charge in [-0.05, 0) is 60.9 Å². The fraction of sp³-hybridized carbons (Fsp3) is 0.241. The van der Waals surface area contributed by atoms with Gasteiger partial charge in [-0.25, -0.2) is 14.2 Å². The molecule has 1 atom stereocenters. The van der Waals surface area contributed by atoms with E-state index >= 15 is 0 Å². The summed E-state index contributed by atoms with van der Waals surface area (Å²) in [6.07, 6.45) is 4.34. The number of halogens is 1. The van der Waals surface area contributed by atoms with Crippen LogP contribution < -0.4 is 21.5 Å². The summed E-state index contributed by atoms with van der Waals surface area (Å²) in [4.78, 5) is 44.7. The number of benzene rings is 2. The highest BCUT2D eigenvalue weighted by Gasteiger charge is 2.28. The van der Waals surface area contributed by atoms with Crippen LogP contribution in [-0.4, -0.2) is 51.0 Å². The van der Waals surface area contributed by atoms with E-state index in [9.17, 15) is 18.8 Å². The van der Waals surface area contributed by atoms with Crippen molar-refractivity contribution < 1.29 is 18.7 Å². The van der Waals surface area contributed by atoms with Crippen molar-refractivity contribution in [2.75, 3.05) is 25.9 Å². The zero-order valence-corrected chi connectivity index (χ0v) is 22.0. The normalized spacial score (nSPS) is 15.2. The van der Waals surface area contributed by atoms with E-state index in [1.54, 1.807) is 46.0 Å². The van der Waals surface area contributed by atoms with E-state index < -0.39 is 11.7 Å². The van der Waals surface area contributed by atoms with Gasteiger partial charge in [-0.2, -0.15) is 0 Å². The maximum Gasteiger partial charge on any atom is 0.334 e. The minimum atomic E-state index is -0.540. The van der Waals surface area contributed by atoms with Crippen LogP contribution in [-0.2, 0) is 11.3 Å². The van der Waals surface area contributed by atoms with Crippen molar-refractivity contribution in [3.63, 3.8) is 0 Å². The van der Waals surface area contributed by atoms with Gasteiger partial charge in [0.25, 0.3) is 5.91 Å². The highest BCUT2D eigenvalue weighted by Crippen LogP contribution is 2.28. The molecule has 4 aromatic rings. The fourth-order valence-corrected chi connectivity index (χ4v) is 5.17. The average molecular weight is 545 g/mol. The number of rotatable bonds is 7. The van der Waals surface area contributed by atoms with Crippen molar-refractivity contribution in [2.24, 2.45) is 0 Å². The number of methoxy groups -OCH3 is 1. The number of anilines is 1. The monoisotopic (exact) mass is 544 g/mol. The lowest BCUT2D eigenvalue weighted by molar-refractivity contribution is -0.127. The summed E-state index contributed by atoms with van der Waals surface area (Å²) in [6.45, 7) is 4.76. The third-order valence-corrected chi connectivity index (χ3v) is 7.11. The number of nitrogen functional groups attached to an aromatic ring is 1. The number of nitrogens with zero attached hydrogens (tertiary/aromatic N) is 4. The van der Waals surface area contributed by atoms with Crippen LogP contribution in [0.15, 0.2) is 72.2 Å². The molecule has 0 spiro atoms. The number of nitrogens with two attached hydrogens (primary N) is 1. The van der Waals surface area contributed by atoms with E-state index in [-0.39, 0.29) is 41.3 Å². The first kappa shape index (κ1) is 26.7. The predicted molar refractivity (Wildman–Crippen MR) is 149 cm³/mol. The molecule has 5 rings (SSSR count). The average Bonchev–Trinajstić information content (AvgIpc) is 3.28. The van der Waals surface area contributed by atoms with Crippen LogP contribution in [0.5, 0.6) is 5.75 Å². The lowest BCUT2D eigenvalue weighted by Gasteiger charge is -2.32. The summed E-state index contributed by atoms with van der Waals surface area (Å²) < 4.78 is 22.0. The molecule has 10 nitrogen and oxygen atoms in total. The van der Waals surface area contributed by atoms with Crippen molar-refractivity contribution in [3.8, 4) is 11.4 Å². The summed E-state index contributed by atoms with van der Waals surface area (Å²) in [7, 11) is 1.41. The predicted octanol–water partition coefficient (Wildman–Crippen LogP) is 3.20. The summed E-state index contributed by atoms with van der Waals surface area (Å²) in [5.41, 5.74) is 8.53. The fourth-order valence-electron chi connectivity index (χ4n) is 5.17. The summed E-state index contributed by atoms with van der Waals surface area (Å²) >= 11 is 0. The number of piperidine rings is 1. The largest absolute Gasteiger partial charge is 0.496 e. The molecule has 3 N–H and O–H groups in total. The molecule has 0 bridgehead atoms. The van der Waals surface area contributed by atoms with Crippen LogP contribution >= 0.6 is 0 Å². The Labute approximate surface area is 229 Å². The number of fused-ring (bicyclic) bond motifs is 1. The topological polar surface area (TPSA) is 124 Å². The van der Waals surface area contributed by atoms with Crippen molar-refractivity contribution >= 4 is 28.7 Å². The molecular formula is C29H29FN6O4. The van der Waals surface area contributed by atoms with E-state index in [1.807, 2.05) is 0 Å². The number of hydrogen-bond donors (Lipinski definition) is 2. The molecular weight excluding hydrogens is 515 g/mol. The van der Waals surface area contributed by atoms with E-state index in [1.165, 1.54) is 29.9 Å². The molecule has 1 saturated heterocycles. The highest BCUT2D eigenvalue weighted by atomic mass is 19.1. The van der Waals surface area contributed by atoms with Gasteiger partial charge < -0.3 is 20.7 Å². The number of hydrogen-bond acceptors (Lipinski definition) is 6. The third-order valence-electron chi connectivity index (χ3n) is 7.11. The van der Waals surface area contributed by atoms with Crippen molar-refractivity contribution in [1.29, 1.82) is 0 Å². The third kappa shape index (κ3) is 4.93. The second-order valence-corrected chi connectivity index (χ2v) is 9.53. The minimum Gasteiger partial charge on any atom is -0.496 e. The Kier molecular flexibility index (Phi) is 7.37. The van der Waals surface area contributed by atoms with Gasteiger partial charge >= 0.3 is 5.69 Å². The van der Waals surface area contributed by atoms with Crippen LogP contribution in [0, 0.1) is 5.82 Å². The molecule has 1 unspecified atom stereocenters. The number of pyridine rings is 1. The lowest BCUT2D eigenvalue weighted by atomic mass is 10.1. The zero-order chi connectivity index (χ0) is 28.4. The van der Waals surface area contributed by atoms with E-state index in [0.29, 0.717) is 29.8 Å². The lowest BCUT2D eigenvalue weighted by Crippen LogP contribution is -2.42. The van der Waals surface area contributed by atoms with Gasteiger partial charge in [0.2, 0.25) is 5.91 Å². The Morgan fingerprint density at radius 3 is 2.73 bits per heavy atom. The van der Waals surface area contributed by atoms with E-state index in [4.69, 9.17) is 10.5 Å². The molecule has 40 heavy (non-hydrogen) atoms. The maximum atomic E-state index is 13.9. The Bertz CT molecular complexity index is 1660. The standard InChI is InChI=1S/C29H29FN6O4/c1-3-25(37)34-14-4-5-21(17-34)35-23-12-13-32-27(31)26(23)36(29(35)39)20-9-6-18(7-10-20)16-33-28(38)22-15-19(30)8-11-24(22)40-2/h3,6-13,15,21H,1,4-5,14,16-17H2,2H3,(H2,31,32)(H,33,38). The molecule has 1 aliphatic rings. The Morgan fingerprint density at radius 2 is 2.00 bits per heavy atom. The first-order chi connectivity index (χ1) is 19.3. The second kappa shape index (κ2) is 11.0. The Balaban J connectivity index is 1.43. The number of amides is 2. The molecule has 206 valence electrons. The Hall–Kier alpha value is -4.93. The van der Waals surface area contributed by atoms with E-state index in [2.05, 4.69) is 16.9 Å². The van der Waals surface area contributed by atoms with Gasteiger partial charge in [0.1, 0.15) is 22.9 Å². The van der Waals surface area contributed by atoms with Crippen LogP contribution in [0.3, 0.4) is 0 Å². The van der Waals surface area contributed by atoms with Crippen molar-refractivity contribution in [1.82, 2.24) is 24.3 Å². The molecule has 0 aliphatic carbocycles. The van der Waals surface area contributed by atoms with Gasteiger partial charge in [-0.3, -0.25) is 18.7 Å². The van der Waals surface area contributed by atoms with Crippen LogP contribution in [0.2, 0.25) is 0 Å². The molecule has 1 fully saturated rings. The van der Waals surface area contributed by atoms with Crippen LogP contribution in [0.4, 0.5) is 10.2 Å². The summed E-state index contributed by atoms with van der Waals surface area (Å²) in [6, 6.07) is 12.4. The summed E-state index contributed by atoms with van der Waals surface area (Å²) in [5.74, 6) is -0.701. The van der Waals surface area contributed by atoms with Gasteiger partial charge in [0, 0.05) is 25.8 Å². The molecule has 2 aromatic heterocycles. The Morgan fingerprint density at radius 1 is 1.23 bits per heavy atom. The number of carbonyl (C=O) groups is 2. The van der Waals surface area contributed by atoms with E-state index in [0.717, 1.165) is 24.5 Å². The molecule has 2 aromatic carbocycles. The van der Waals surface area contributed by atoms with Gasteiger partial charge in [-0.15, -0.1) is 0 Å². The molecule has 1 aliphatic heterocycles. The quantitative estimate of drug-likeness (QED) is 0.345. The molecule has 0 radical (unpaired) electrons. The number of imidazole rings is 1.